The molecule has 0 saturated heterocycles. The van der Waals surface area contributed by atoms with Crippen LogP contribution in [0.15, 0.2) is 28.0 Å². The predicted octanol–water partition coefficient (Wildman–Crippen LogP) is 0.152. The van der Waals surface area contributed by atoms with Crippen LogP contribution in [0.1, 0.15) is 20.8 Å². The third-order valence-electron chi connectivity index (χ3n) is 3.13. The van der Waals surface area contributed by atoms with Crippen molar-refractivity contribution in [2.45, 2.75) is 32.2 Å². The molecule has 1 N–H and O–H groups in total. The first-order chi connectivity index (χ1) is 11.3. The van der Waals surface area contributed by atoms with Gasteiger partial charge in [-0.2, -0.15) is 4.31 Å². The van der Waals surface area contributed by atoms with Crippen LogP contribution in [0.3, 0.4) is 0 Å². The highest BCUT2D eigenvalue weighted by molar-refractivity contribution is 7.89. The summed E-state index contributed by atoms with van der Waals surface area (Å²) in [5.41, 5.74) is -0.562. The van der Waals surface area contributed by atoms with Crippen LogP contribution in [0.5, 0.6) is 0 Å². The molecule has 2 amide bonds. The maximum absolute atomic E-state index is 12.4. The molecule has 1 aromatic heterocycles. The van der Waals surface area contributed by atoms with Crippen molar-refractivity contribution in [3.8, 4) is 0 Å². The van der Waals surface area contributed by atoms with Crippen LogP contribution in [-0.4, -0.2) is 49.0 Å². The fraction of sp³-hybridized carbons (Fsp3) is 0.500. The van der Waals surface area contributed by atoms with Gasteiger partial charge in [-0.15, -0.1) is 0 Å². The summed E-state index contributed by atoms with van der Waals surface area (Å²) in [6, 6.07) is 2.25. The van der Waals surface area contributed by atoms with Gasteiger partial charge < -0.3 is 9.30 Å². The number of imide groups is 1. The molecule has 0 unspecified atom stereocenters. The Labute approximate surface area is 140 Å². The third-order valence-corrected chi connectivity index (χ3v) is 5.16. The highest BCUT2D eigenvalue weighted by Crippen LogP contribution is 2.13. The van der Waals surface area contributed by atoms with E-state index in [0.717, 1.165) is 16.8 Å². The first-order valence-electron chi connectivity index (χ1n) is 7.43. The van der Waals surface area contributed by atoms with Crippen LogP contribution >= 0.6 is 0 Å². The van der Waals surface area contributed by atoms with Gasteiger partial charge in [0.05, 0.1) is 11.5 Å². The molecule has 0 aliphatic heterocycles. The second-order valence-corrected chi connectivity index (χ2v) is 6.63. The van der Waals surface area contributed by atoms with Gasteiger partial charge >= 0.3 is 6.09 Å². The monoisotopic (exact) mass is 359 g/mol. The molecule has 0 aromatic carbocycles. The van der Waals surface area contributed by atoms with Crippen molar-refractivity contribution >= 4 is 22.0 Å². The maximum atomic E-state index is 12.4. The topological polar surface area (TPSA) is 115 Å². The summed E-state index contributed by atoms with van der Waals surface area (Å²) in [6.07, 6.45) is 0.156. The second-order valence-electron chi connectivity index (χ2n) is 4.69. The summed E-state index contributed by atoms with van der Waals surface area (Å²) >= 11 is 0. The van der Waals surface area contributed by atoms with Crippen LogP contribution in [0.25, 0.3) is 0 Å². The van der Waals surface area contributed by atoms with Gasteiger partial charge in [0.15, 0.2) is 0 Å². The van der Waals surface area contributed by atoms with Crippen molar-refractivity contribution in [1.82, 2.24) is 14.2 Å². The summed E-state index contributed by atoms with van der Waals surface area (Å²) in [5, 5.41) is 1.94. The predicted molar refractivity (Wildman–Crippen MR) is 86.0 cm³/mol. The Morgan fingerprint density at radius 1 is 1.21 bits per heavy atom. The van der Waals surface area contributed by atoms with E-state index in [9.17, 15) is 22.8 Å². The number of carbonyl (C=O) groups excluding carboxylic acids is 2. The molecule has 0 fully saturated rings. The van der Waals surface area contributed by atoms with Crippen molar-refractivity contribution in [1.29, 1.82) is 0 Å². The smallest absolute Gasteiger partial charge is 0.413 e. The van der Waals surface area contributed by atoms with Gasteiger partial charge in [-0.25, -0.2) is 13.2 Å². The Balaban J connectivity index is 3.05. The number of hydrogen-bond donors (Lipinski definition) is 1. The van der Waals surface area contributed by atoms with Gasteiger partial charge in [-0.3, -0.25) is 14.9 Å². The maximum Gasteiger partial charge on any atom is 0.413 e. The lowest BCUT2D eigenvalue weighted by molar-refractivity contribution is -0.121. The van der Waals surface area contributed by atoms with Gasteiger partial charge in [0.2, 0.25) is 15.9 Å². The summed E-state index contributed by atoms with van der Waals surface area (Å²) < 4.78 is 31.6. The molecule has 1 heterocycles. The summed E-state index contributed by atoms with van der Waals surface area (Å²) in [4.78, 5) is 34.6. The number of nitrogens with one attached hydrogen (secondary N) is 1. The highest BCUT2D eigenvalue weighted by Gasteiger charge is 2.22. The zero-order valence-corrected chi connectivity index (χ0v) is 14.6. The second kappa shape index (κ2) is 8.60. The zero-order valence-electron chi connectivity index (χ0n) is 13.8. The van der Waals surface area contributed by atoms with E-state index in [1.54, 1.807) is 20.8 Å². The number of nitrogens with zero attached hydrogens (tertiary/aromatic N) is 2. The summed E-state index contributed by atoms with van der Waals surface area (Å²) in [6.45, 7) is 5.13. The van der Waals surface area contributed by atoms with E-state index in [0.29, 0.717) is 0 Å². The van der Waals surface area contributed by atoms with E-state index in [2.05, 4.69) is 4.74 Å². The Hall–Kier alpha value is -2.20. The van der Waals surface area contributed by atoms with E-state index in [-0.39, 0.29) is 24.6 Å². The number of hydrogen-bond acceptors (Lipinski definition) is 6. The molecule has 0 atom stereocenters. The molecular formula is C14H21N3O6S. The fourth-order valence-corrected chi connectivity index (χ4v) is 3.45. The van der Waals surface area contributed by atoms with Gasteiger partial charge in [-0.05, 0) is 13.0 Å². The lowest BCUT2D eigenvalue weighted by atomic mass is 10.4. The number of rotatable bonds is 7. The van der Waals surface area contributed by atoms with Crippen molar-refractivity contribution in [2.24, 2.45) is 0 Å². The largest absolute Gasteiger partial charge is 0.450 e. The number of aromatic nitrogens is 1. The number of sulfonamides is 1. The number of alkyl carbamates (subject to hydrolysis) is 1. The Kier molecular flexibility index (Phi) is 7.11. The summed E-state index contributed by atoms with van der Waals surface area (Å²) in [7, 11) is -3.76. The van der Waals surface area contributed by atoms with E-state index < -0.39 is 34.1 Å². The molecule has 0 aliphatic carbocycles. The first-order valence-corrected chi connectivity index (χ1v) is 8.87. The molecule has 0 aliphatic rings. The molecule has 0 saturated carbocycles. The van der Waals surface area contributed by atoms with E-state index in [4.69, 9.17) is 0 Å². The molecule has 24 heavy (non-hydrogen) atoms. The van der Waals surface area contributed by atoms with Gasteiger partial charge in [0.25, 0.3) is 5.56 Å². The van der Waals surface area contributed by atoms with Gasteiger partial charge in [0.1, 0.15) is 6.54 Å². The Morgan fingerprint density at radius 3 is 2.38 bits per heavy atom. The summed E-state index contributed by atoms with van der Waals surface area (Å²) in [5.74, 6) is -0.784. The lowest BCUT2D eigenvalue weighted by Crippen LogP contribution is -2.37. The molecule has 134 valence electrons. The Bertz CT molecular complexity index is 752. The minimum atomic E-state index is -3.76. The first kappa shape index (κ1) is 19.8. The number of pyridine rings is 1. The van der Waals surface area contributed by atoms with E-state index >= 15 is 0 Å². The van der Waals surface area contributed by atoms with Crippen molar-refractivity contribution < 1.29 is 22.7 Å². The SMILES string of the molecule is CCOC(=O)NC(=O)Cn1cc(S(=O)(=O)N(CC)CC)ccc1=O. The molecule has 0 bridgehead atoms. The van der Waals surface area contributed by atoms with Crippen molar-refractivity contribution in [3.05, 3.63) is 28.7 Å². The molecule has 1 rings (SSSR count). The zero-order chi connectivity index (χ0) is 18.3. The van der Waals surface area contributed by atoms with Gasteiger partial charge in [-0.1, -0.05) is 13.8 Å². The number of carbonyl (C=O) groups is 2. The molecule has 1 aromatic rings. The van der Waals surface area contributed by atoms with Crippen LogP contribution < -0.4 is 10.9 Å². The number of ether oxygens (including phenoxy) is 1. The molecule has 10 heteroatoms. The molecule has 9 nitrogen and oxygen atoms in total. The quantitative estimate of drug-likeness (QED) is 0.741. The van der Waals surface area contributed by atoms with Crippen molar-refractivity contribution in [3.63, 3.8) is 0 Å². The van der Waals surface area contributed by atoms with Crippen LogP contribution in [0, 0.1) is 0 Å². The van der Waals surface area contributed by atoms with E-state index in [1.807, 2.05) is 5.32 Å². The number of amides is 2. The lowest BCUT2D eigenvalue weighted by Gasteiger charge is -2.18. The van der Waals surface area contributed by atoms with Crippen LogP contribution in [0.2, 0.25) is 0 Å². The minimum Gasteiger partial charge on any atom is -0.450 e. The Morgan fingerprint density at radius 2 is 1.83 bits per heavy atom. The third kappa shape index (κ3) is 4.90. The van der Waals surface area contributed by atoms with Crippen molar-refractivity contribution in [2.75, 3.05) is 19.7 Å². The normalized spacial score (nSPS) is 11.3. The fourth-order valence-electron chi connectivity index (χ4n) is 1.97. The van der Waals surface area contributed by atoms with Crippen LogP contribution in [-0.2, 0) is 26.1 Å². The average Bonchev–Trinajstić information content (AvgIpc) is 2.50. The minimum absolute atomic E-state index is 0.0939. The standard InChI is InChI=1S/C14H21N3O6S/c1-4-17(5-2)24(21,22)11-7-8-13(19)16(9-11)10-12(18)15-14(20)23-6-3/h7-9H,4-6,10H2,1-3H3,(H,15,18,20). The molecular weight excluding hydrogens is 338 g/mol. The van der Waals surface area contributed by atoms with Crippen LogP contribution in [0.4, 0.5) is 4.79 Å². The highest BCUT2D eigenvalue weighted by atomic mass is 32.2. The average molecular weight is 359 g/mol. The van der Waals surface area contributed by atoms with Gasteiger partial charge in [0, 0.05) is 25.4 Å². The molecule has 0 radical (unpaired) electrons. The molecule has 0 spiro atoms. The van der Waals surface area contributed by atoms with E-state index in [1.165, 1.54) is 10.4 Å².